The SMILES string of the molecule is COc1ccc2cc3c(cc2c1)oc1cc2c(cc13)oc1cc3cc(O)ccc3cc12. The Bertz CT molecular complexity index is 1840. The van der Waals surface area contributed by atoms with Gasteiger partial charge in [0.2, 0.25) is 0 Å². The van der Waals surface area contributed by atoms with Crippen LogP contribution >= 0.6 is 0 Å². The molecule has 148 valence electrons. The second-order valence-electron chi connectivity index (χ2n) is 7.99. The Morgan fingerprint density at radius 2 is 1.06 bits per heavy atom. The summed E-state index contributed by atoms with van der Waals surface area (Å²) in [6.45, 7) is 0. The predicted octanol–water partition coefficient (Wildman–Crippen LogP) is 7.51. The van der Waals surface area contributed by atoms with Crippen molar-refractivity contribution in [2.75, 3.05) is 7.11 Å². The van der Waals surface area contributed by atoms with Crippen molar-refractivity contribution in [3.8, 4) is 11.5 Å². The van der Waals surface area contributed by atoms with Crippen LogP contribution in [0.1, 0.15) is 0 Å². The highest BCUT2D eigenvalue weighted by Crippen LogP contribution is 2.39. The largest absolute Gasteiger partial charge is 0.508 e. The van der Waals surface area contributed by atoms with Crippen LogP contribution < -0.4 is 4.74 Å². The molecule has 1 N–H and O–H groups in total. The average Bonchev–Trinajstić information content (AvgIpc) is 3.30. The molecule has 2 aromatic heterocycles. The molecule has 0 spiro atoms. The number of phenolic OH excluding ortho intramolecular Hbond substituents is 1. The Hall–Kier alpha value is -4.18. The molecule has 0 saturated carbocycles. The van der Waals surface area contributed by atoms with Crippen LogP contribution in [-0.2, 0) is 0 Å². The van der Waals surface area contributed by atoms with Gasteiger partial charge in [0, 0.05) is 21.5 Å². The molecule has 0 aliphatic heterocycles. The quantitative estimate of drug-likeness (QED) is 0.308. The van der Waals surface area contributed by atoms with Crippen LogP contribution in [0.5, 0.6) is 11.5 Å². The van der Waals surface area contributed by atoms with E-state index >= 15 is 0 Å². The minimum absolute atomic E-state index is 0.247. The lowest BCUT2D eigenvalue weighted by Gasteiger charge is -2.02. The van der Waals surface area contributed by atoms with E-state index in [1.807, 2.05) is 24.3 Å². The highest BCUT2D eigenvalue weighted by Gasteiger charge is 2.15. The molecule has 7 aromatic rings. The molecule has 5 aromatic carbocycles. The first-order chi connectivity index (χ1) is 15.2. The first kappa shape index (κ1) is 16.6. The highest BCUT2D eigenvalue weighted by molar-refractivity contribution is 6.18. The lowest BCUT2D eigenvalue weighted by Crippen LogP contribution is -1.82. The Morgan fingerprint density at radius 1 is 0.548 bits per heavy atom. The van der Waals surface area contributed by atoms with E-state index in [1.54, 1.807) is 19.2 Å². The zero-order valence-corrected chi connectivity index (χ0v) is 16.6. The van der Waals surface area contributed by atoms with Crippen molar-refractivity contribution in [2.45, 2.75) is 0 Å². The van der Waals surface area contributed by atoms with Crippen molar-refractivity contribution in [1.29, 1.82) is 0 Å². The van der Waals surface area contributed by atoms with Gasteiger partial charge < -0.3 is 18.7 Å². The van der Waals surface area contributed by atoms with E-state index in [9.17, 15) is 5.11 Å². The Morgan fingerprint density at radius 3 is 1.68 bits per heavy atom. The van der Waals surface area contributed by atoms with Gasteiger partial charge in [0.25, 0.3) is 0 Å². The summed E-state index contributed by atoms with van der Waals surface area (Å²) in [5.41, 5.74) is 3.29. The summed E-state index contributed by atoms with van der Waals surface area (Å²) >= 11 is 0. The molecular formula is C27H16O4. The van der Waals surface area contributed by atoms with Crippen molar-refractivity contribution < 1.29 is 18.7 Å². The number of hydrogen-bond acceptors (Lipinski definition) is 4. The fourth-order valence-electron chi connectivity index (χ4n) is 4.62. The maximum absolute atomic E-state index is 9.80. The summed E-state index contributed by atoms with van der Waals surface area (Å²) in [6, 6.07) is 23.8. The van der Waals surface area contributed by atoms with Crippen molar-refractivity contribution in [3.05, 3.63) is 72.8 Å². The molecule has 2 heterocycles. The standard InChI is InChI=1S/C27H16O4/c1-29-19-5-3-15-9-21-23-13-26-22(12-27(23)31-25(21)11-17(15)7-19)20-8-14-2-4-18(28)6-16(14)10-24(20)30-26/h2-13,28H,1H3. The predicted molar refractivity (Wildman–Crippen MR) is 124 cm³/mol. The van der Waals surface area contributed by atoms with E-state index in [4.69, 9.17) is 13.6 Å². The second-order valence-corrected chi connectivity index (χ2v) is 7.99. The van der Waals surface area contributed by atoms with Crippen LogP contribution in [0, 0.1) is 0 Å². The number of phenols is 1. The summed E-state index contributed by atoms with van der Waals surface area (Å²) in [6.07, 6.45) is 0. The maximum Gasteiger partial charge on any atom is 0.136 e. The van der Waals surface area contributed by atoms with E-state index < -0.39 is 0 Å². The zero-order valence-electron chi connectivity index (χ0n) is 16.6. The smallest absolute Gasteiger partial charge is 0.136 e. The minimum Gasteiger partial charge on any atom is -0.508 e. The molecule has 4 heteroatoms. The molecule has 4 nitrogen and oxygen atoms in total. The van der Waals surface area contributed by atoms with Crippen molar-refractivity contribution in [3.63, 3.8) is 0 Å². The lowest BCUT2D eigenvalue weighted by atomic mass is 10.0. The minimum atomic E-state index is 0.247. The van der Waals surface area contributed by atoms with Gasteiger partial charge in [0.1, 0.15) is 33.8 Å². The van der Waals surface area contributed by atoms with Crippen molar-refractivity contribution in [1.82, 2.24) is 0 Å². The Kier molecular flexibility index (Phi) is 3.05. The Balaban J connectivity index is 1.55. The van der Waals surface area contributed by atoms with E-state index in [0.717, 1.165) is 71.2 Å². The van der Waals surface area contributed by atoms with Crippen molar-refractivity contribution >= 4 is 65.4 Å². The van der Waals surface area contributed by atoms with Gasteiger partial charge in [0.15, 0.2) is 0 Å². The van der Waals surface area contributed by atoms with Gasteiger partial charge in [-0.1, -0.05) is 12.1 Å². The molecule has 0 aliphatic carbocycles. The van der Waals surface area contributed by atoms with Gasteiger partial charge >= 0.3 is 0 Å². The number of benzene rings is 5. The topological polar surface area (TPSA) is 55.7 Å². The number of aromatic hydroxyl groups is 1. The zero-order chi connectivity index (χ0) is 20.7. The molecule has 31 heavy (non-hydrogen) atoms. The fourth-order valence-corrected chi connectivity index (χ4v) is 4.62. The highest BCUT2D eigenvalue weighted by atomic mass is 16.5. The fraction of sp³-hybridized carbons (Fsp3) is 0.0370. The number of methoxy groups -OCH3 is 1. The summed E-state index contributed by atoms with van der Waals surface area (Å²) in [5, 5.41) is 18.1. The maximum atomic E-state index is 9.80. The second kappa shape index (κ2) is 5.70. The molecular weight excluding hydrogens is 388 g/mol. The third kappa shape index (κ3) is 2.30. The molecule has 0 unspecified atom stereocenters. The first-order valence-corrected chi connectivity index (χ1v) is 10.1. The molecule has 7 rings (SSSR count). The van der Waals surface area contributed by atoms with Crippen LogP contribution in [0.15, 0.2) is 81.6 Å². The van der Waals surface area contributed by atoms with Gasteiger partial charge in [-0.15, -0.1) is 0 Å². The molecule has 0 saturated heterocycles. The third-order valence-electron chi connectivity index (χ3n) is 6.17. The summed E-state index contributed by atoms with van der Waals surface area (Å²) in [5.74, 6) is 1.07. The Labute approximate surface area is 175 Å². The van der Waals surface area contributed by atoms with Crippen LogP contribution in [0.25, 0.3) is 65.4 Å². The molecule has 0 aliphatic rings. The monoisotopic (exact) mass is 404 g/mol. The first-order valence-electron chi connectivity index (χ1n) is 10.1. The van der Waals surface area contributed by atoms with Gasteiger partial charge in [-0.3, -0.25) is 0 Å². The van der Waals surface area contributed by atoms with E-state index in [1.165, 1.54) is 0 Å². The number of rotatable bonds is 1. The van der Waals surface area contributed by atoms with E-state index in [2.05, 4.69) is 36.4 Å². The van der Waals surface area contributed by atoms with E-state index in [0.29, 0.717) is 0 Å². The summed E-state index contributed by atoms with van der Waals surface area (Å²) in [7, 11) is 1.67. The third-order valence-corrected chi connectivity index (χ3v) is 6.17. The normalized spacial score (nSPS) is 12.2. The summed E-state index contributed by atoms with van der Waals surface area (Å²) in [4.78, 5) is 0. The van der Waals surface area contributed by atoms with Crippen LogP contribution in [-0.4, -0.2) is 12.2 Å². The molecule has 0 atom stereocenters. The number of furan rings is 2. The number of ether oxygens (including phenoxy) is 1. The van der Waals surface area contributed by atoms with E-state index in [-0.39, 0.29) is 5.75 Å². The van der Waals surface area contributed by atoms with Gasteiger partial charge in [-0.2, -0.15) is 0 Å². The van der Waals surface area contributed by atoms with Crippen LogP contribution in [0.2, 0.25) is 0 Å². The van der Waals surface area contributed by atoms with Gasteiger partial charge in [-0.05, 0) is 82.2 Å². The number of fused-ring (bicyclic) bond motifs is 8. The van der Waals surface area contributed by atoms with Gasteiger partial charge in [-0.25, -0.2) is 0 Å². The van der Waals surface area contributed by atoms with Crippen LogP contribution in [0.4, 0.5) is 0 Å². The van der Waals surface area contributed by atoms with Gasteiger partial charge in [0.05, 0.1) is 7.11 Å². The average molecular weight is 404 g/mol. The summed E-state index contributed by atoms with van der Waals surface area (Å²) < 4.78 is 17.8. The van der Waals surface area contributed by atoms with Crippen molar-refractivity contribution in [2.24, 2.45) is 0 Å². The number of hydrogen-bond donors (Lipinski definition) is 1. The molecule has 0 bridgehead atoms. The molecule has 0 amide bonds. The molecule has 0 fully saturated rings. The lowest BCUT2D eigenvalue weighted by molar-refractivity contribution is 0.415. The van der Waals surface area contributed by atoms with Crippen LogP contribution in [0.3, 0.4) is 0 Å². The molecule has 0 radical (unpaired) electrons.